The van der Waals surface area contributed by atoms with Gasteiger partial charge in [-0.15, -0.1) is 11.8 Å². The monoisotopic (exact) mass is 328 g/mol. The lowest BCUT2D eigenvalue weighted by Gasteiger charge is -2.23. The average molecular weight is 328 g/mol. The van der Waals surface area contributed by atoms with Crippen molar-refractivity contribution in [2.24, 2.45) is 0 Å². The van der Waals surface area contributed by atoms with Crippen LogP contribution in [0.2, 0.25) is 0 Å². The van der Waals surface area contributed by atoms with Gasteiger partial charge in [0.2, 0.25) is 11.8 Å². The fraction of sp³-hybridized carbons (Fsp3) is 0.571. The van der Waals surface area contributed by atoms with Gasteiger partial charge in [0.1, 0.15) is 5.37 Å². The molecule has 2 heterocycles. The van der Waals surface area contributed by atoms with E-state index >= 15 is 0 Å². The molecule has 5 nitrogen and oxygen atoms in total. The first-order valence-electron chi connectivity index (χ1n) is 6.87. The van der Waals surface area contributed by atoms with E-state index in [0.717, 1.165) is 5.56 Å². The van der Waals surface area contributed by atoms with Gasteiger partial charge in [0.05, 0.1) is 11.9 Å². The Balaban J connectivity index is 1.90. The molecule has 1 aliphatic heterocycles. The molecule has 1 saturated heterocycles. The number of hydrogen-bond acceptors (Lipinski definition) is 5. The summed E-state index contributed by atoms with van der Waals surface area (Å²) in [4.78, 5) is 25.8. The molecule has 1 N–H and O–H groups in total. The number of hydrogen-bond donors (Lipinski definition) is 1. The van der Waals surface area contributed by atoms with E-state index in [1.807, 2.05) is 23.3 Å². The maximum atomic E-state index is 12.2. The topological polar surface area (TPSA) is 58.6 Å². The van der Waals surface area contributed by atoms with E-state index in [1.165, 1.54) is 0 Å². The van der Waals surface area contributed by atoms with E-state index < -0.39 is 0 Å². The molecule has 21 heavy (non-hydrogen) atoms. The van der Waals surface area contributed by atoms with Crippen molar-refractivity contribution in [2.45, 2.75) is 24.0 Å². The molecule has 0 unspecified atom stereocenters. The Morgan fingerprint density at radius 2 is 2.33 bits per heavy atom. The van der Waals surface area contributed by atoms with E-state index in [2.05, 4.69) is 10.7 Å². The van der Waals surface area contributed by atoms with Crippen LogP contribution in [-0.2, 0) is 14.3 Å². The van der Waals surface area contributed by atoms with Crippen LogP contribution in [-0.4, -0.2) is 48.8 Å². The summed E-state index contributed by atoms with van der Waals surface area (Å²) >= 11 is 3.27. The molecule has 1 aromatic rings. The quantitative estimate of drug-likeness (QED) is 0.776. The SMILES string of the molecule is COCCNC(=O)CCN1C(=O)[C@@H](C)S[C@H]1c1ccsc1. The minimum atomic E-state index is -0.0496. The van der Waals surface area contributed by atoms with Gasteiger partial charge in [-0.3, -0.25) is 9.59 Å². The number of ether oxygens (including phenoxy) is 1. The molecule has 2 amide bonds. The zero-order chi connectivity index (χ0) is 15.2. The molecule has 7 heteroatoms. The lowest BCUT2D eigenvalue weighted by molar-refractivity contribution is -0.130. The molecule has 2 rings (SSSR count). The highest BCUT2D eigenvalue weighted by molar-refractivity contribution is 8.01. The number of methoxy groups -OCH3 is 1. The van der Waals surface area contributed by atoms with Crippen LogP contribution >= 0.6 is 23.1 Å². The van der Waals surface area contributed by atoms with Crippen molar-refractivity contribution < 1.29 is 14.3 Å². The molecule has 2 atom stereocenters. The second-order valence-electron chi connectivity index (χ2n) is 4.81. The summed E-state index contributed by atoms with van der Waals surface area (Å²) in [5.41, 5.74) is 1.14. The van der Waals surface area contributed by atoms with Crippen molar-refractivity contribution in [2.75, 3.05) is 26.8 Å². The van der Waals surface area contributed by atoms with Crippen molar-refractivity contribution in [3.8, 4) is 0 Å². The number of nitrogens with one attached hydrogen (secondary N) is 1. The van der Waals surface area contributed by atoms with Gasteiger partial charge < -0.3 is 15.0 Å². The van der Waals surface area contributed by atoms with Crippen LogP contribution in [0.5, 0.6) is 0 Å². The van der Waals surface area contributed by atoms with Crippen LogP contribution in [0.15, 0.2) is 16.8 Å². The van der Waals surface area contributed by atoms with Gasteiger partial charge in [-0.25, -0.2) is 0 Å². The molecule has 1 aromatic heterocycles. The number of nitrogens with zero attached hydrogens (tertiary/aromatic N) is 1. The first-order valence-corrected chi connectivity index (χ1v) is 8.75. The fourth-order valence-corrected chi connectivity index (χ4v) is 4.24. The third kappa shape index (κ3) is 4.21. The maximum Gasteiger partial charge on any atom is 0.236 e. The molecule has 0 aliphatic carbocycles. The van der Waals surface area contributed by atoms with Gasteiger partial charge in [-0.1, -0.05) is 0 Å². The molecule has 1 aliphatic rings. The summed E-state index contributed by atoms with van der Waals surface area (Å²) in [6, 6.07) is 2.04. The van der Waals surface area contributed by atoms with Gasteiger partial charge in [0, 0.05) is 26.6 Å². The van der Waals surface area contributed by atoms with Crippen molar-refractivity contribution in [3.63, 3.8) is 0 Å². The first kappa shape index (κ1) is 16.3. The number of carbonyl (C=O) groups is 2. The number of thioether (sulfide) groups is 1. The lowest BCUT2D eigenvalue weighted by atomic mass is 10.2. The van der Waals surface area contributed by atoms with Crippen LogP contribution in [0.25, 0.3) is 0 Å². The summed E-state index contributed by atoms with van der Waals surface area (Å²) in [5, 5.41) is 6.84. The van der Waals surface area contributed by atoms with Gasteiger partial charge in [-0.2, -0.15) is 11.3 Å². The molecule has 116 valence electrons. The van der Waals surface area contributed by atoms with E-state index in [0.29, 0.717) is 26.1 Å². The standard InChI is InChI=1S/C14H20N2O3S2/c1-10-13(18)16(6-3-12(17)15-5-7-19-2)14(21-10)11-4-8-20-9-11/h4,8-10,14H,3,5-7H2,1-2H3,(H,15,17)/t10-,14+/m1/s1. The molecule has 0 saturated carbocycles. The molecule has 0 radical (unpaired) electrons. The normalized spacial score (nSPS) is 21.8. The van der Waals surface area contributed by atoms with E-state index in [1.54, 1.807) is 30.2 Å². The lowest BCUT2D eigenvalue weighted by Crippen LogP contribution is -2.35. The Bertz CT molecular complexity index is 479. The fourth-order valence-electron chi connectivity index (χ4n) is 2.18. The highest BCUT2D eigenvalue weighted by Crippen LogP contribution is 2.43. The maximum absolute atomic E-state index is 12.2. The predicted molar refractivity (Wildman–Crippen MR) is 85.3 cm³/mol. The Kier molecular flexibility index (Phi) is 6.08. The second kappa shape index (κ2) is 7.82. The Labute approximate surface area is 133 Å². The number of amides is 2. The molecule has 0 aromatic carbocycles. The minimum Gasteiger partial charge on any atom is -0.383 e. The van der Waals surface area contributed by atoms with Crippen molar-refractivity contribution in [1.29, 1.82) is 0 Å². The molecule has 0 bridgehead atoms. The summed E-state index contributed by atoms with van der Waals surface area (Å²) in [6.45, 7) is 3.38. The van der Waals surface area contributed by atoms with Crippen LogP contribution < -0.4 is 5.32 Å². The Morgan fingerprint density at radius 1 is 1.52 bits per heavy atom. The van der Waals surface area contributed by atoms with Gasteiger partial charge >= 0.3 is 0 Å². The van der Waals surface area contributed by atoms with Gasteiger partial charge in [0.25, 0.3) is 0 Å². The summed E-state index contributed by atoms with van der Waals surface area (Å²) in [5.74, 6) is 0.0642. The van der Waals surface area contributed by atoms with E-state index in [4.69, 9.17) is 4.74 Å². The van der Waals surface area contributed by atoms with Crippen molar-refractivity contribution in [3.05, 3.63) is 22.4 Å². The third-order valence-corrected chi connectivity index (χ3v) is 5.38. The van der Waals surface area contributed by atoms with Gasteiger partial charge in [-0.05, 0) is 29.3 Å². The molecule has 0 spiro atoms. The van der Waals surface area contributed by atoms with Crippen molar-refractivity contribution >= 4 is 34.9 Å². The number of thiophene rings is 1. The summed E-state index contributed by atoms with van der Waals surface area (Å²) < 4.78 is 4.89. The number of rotatable bonds is 7. The minimum absolute atomic E-state index is 0.0329. The largest absolute Gasteiger partial charge is 0.383 e. The van der Waals surface area contributed by atoms with E-state index in [-0.39, 0.29) is 22.4 Å². The smallest absolute Gasteiger partial charge is 0.236 e. The summed E-state index contributed by atoms with van der Waals surface area (Å²) in [6.07, 6.45) is 0.323. The molecular weight excluding hydrogens is 308 g/mol. The number of carbonyl (C=O) groups excluding carboxylic acids is 2. The highest BCUT2D eigenvalue weighted by Gasteiger charge is 2.38. The van der Waals surface area contributed by atoms with Crippen LogP contribution in [0.4, 0.5) is 0 Å². The predicted octanol–water partition coefficient (Wildman–Crippen LogP) is 1.86. The second-order valence-corrected chi connectivity index (χ2v) is 7.02. The zero-order valence-corrected chi connectivity index (χ0v) is 13.8. The first-order chi connectivity index (χ1) is 10.1. The van der Waals surface area contributed by atoms with E-state index in [9.17, 15) is 9.59 Å². The summed E-state index contributed by atoms with van der Waals surface area (Å²) in [7, 11) is 1.60. The Hall–Kier alpha value is -1.05. The zero-order valence-electron chi connectivity index (χ0n) is 12.2. The highest BCUT2D eigenvalue weighted by atomic mass is 32.2. The van der Waals surface area contributed by atoms with Crippen LogP contribution in [0.1, 0.15) is 24.3 Å². The average Bonchev–Trinajstić information content (AvgIpc) is 3.07. The van der Waals surface area contributed by atoms with Crippen LogP contribution in [0, 0.1) is 0 Å². The molecule has 1 fully saturated rings. The third-order valence-electron chi connectivity index (χ3n) is 3.28. The van der Waals surface area contributed by atoms with Crippen LogP contribution in [0.3, 0.4) is 0 Å². The van der Waals surface area contributed by atoms with Crippen molar-refractivity contribution in [1.82, 2.24) is 10.2 Å². The Morgan fingerprint density at radius 3 is 3.00 bits per heavy atom. The molecular formula is C14H20N2O3S2. The van der Waals surface area contributed by atoms with Gasteiger partial charge in [0.15, 0.2) is 0 Å².